The summed E-state index contributed by atoms with van der Waals surface area (Å²) in [6.07, 6.45) is 5.22. The van der Waals surface area contributed by atoms with E-state index in [1.165, 1.54) is 30.6 Å². The van der Waals surface area contributed by atoms with E-state index in [1.807, 2.05) is 30.3 Å². The molecule has 28 heavy (non-hydrogen) atoms. The fourth-order valence-corrected chi connectivity index (χ4v) is 3.96. The van der Waals surface area contributed by atoms with E-state index in [9.17, 15) is 4.79 Å². The van der Waals surface area contributed by atoms with Crippen molar-refractivity contribution in [2.45, 2.75) is 32.1 Å². The number of hydrogen-bond donors (Lipinski definition) is 1. The number of hydrogen-bond acceptors (Lipinski definition) is 3. The smallest absolute Gasteiger partial charge is 0.224 e. The van der Waals surface area contributed by atoms with Crippen molar-refractivity contribution < 1.29 is 4.79 Å². The number of anilines is 2. The molecule has 148 valence electrons. The summed E-state index contributed by atoms with van der Waals surface area (Å²) in [4.78, 5) is 17.4. The van der Waals surface area contributed by atoms with Crippen LogP contribution in [0.25, 0.3) is 0 Å². The SMILES string of the molecule is O=C(CCCc1ccccc1)Nc1cccc(N2CCN(CC3CC3)CC2)c1. The first-order chi connectivity index (χ1) is 13.8. The van der Waals surface area contributed by atoms with Crippen molar-refractivity contribution in [3.8, 4) is 0 Å². The topological polar surface area (TPSA) is 35.6 Å². The van der Waals surface area contributed by atoms with Gasteiger partial charge in [0.1, 0.15) is 0 Å². The normalized spacial score (nSPS) is 17.5. The molecule has 4 heteroatoms. The van der Waals surface area contributed by atoms with Gasteiger partial charge in [0.2, 0.25) is 5.91 Å². The fraction of sp³-hybridized carbons (Fsp3) is 0.458. The monoisotopic (exact) mass is 377 g/mol. The number of benzene rings is 2. The standard InChI is InChI=1S/C24H31N3O/c28-24(11-4-8-20-6-2-1-3-7-20)25-22-9-5-10-23(18-22)27-16-14-26(15-17-27)19-21-12-13-21/h1-3,5-7,9-10,18,21H,4,8,11-17,19H2,(H,25,28). The lowest BCUT2D eigenvalue weighted by Crippen LogP contribution is -2.47. The molecule has 1 heterocycles. The van der Waals surface area contributed by atoms with E-state index in [2.05, 4.69) is 39.4 Å². The van der Waals surface area contributed by atoms with Crippen LogP contribution in [0, 0.1) is 5.92 Å². The van der Waals surface area contributed by atoms with Gasteiger partial charge < -0.3 is 10.2 Å². The van der Waals surface area contributed by atoms with Crippen LogP contribution in [-0.4, -0.2) is 43.5 Å². The van der Waals surface area contributed by atoms with Gasteiger partial charge in [0.25, 0.3) is 0 Å². The predicted octanol–water partition coefficient (Wildman–Crippen LogP) is 4.18. The zero-order valence-corrected chi connectivity index (χ0v) is 16.6. The lowest BCUT2D eigenvalue weighted by atomic mass is 10.1. The van der Waals surface area contributed by atoms with Gasteiger partial charge in [-0.3, -0.25) is 9.69 Å². The van der Waals surface area contributed by atoms with Gasteiger partial charge in [0.15, 0.2) is 0 Å². The van der Waals surface area contributed by atoms with Gasteiger partial charge >= 0.3 is 0 Å². The molecule has 0 bridgehead atoms. The molecule has 0 atom stereocenters. The maximum atomic E-state index is 12.3. The minimum Gasteiger partial charge on any atom is -0.369 e. The molecule has 1 aliphatic carbocycles. The maximum absolute atomic E-state index is 12.3. The number of rotatable bonds is 8. The largest absolute Gasteiger partial charge is 0.369 e. The highest BCUT2D eigenvalue weighted by molar-refractivity contribution is 5.91. The average Bonchev–Trinajstić information content (AvgIpc) is 3.54. The summed E-state index contributed by atoms with van der Waals surface area (Å²) in [5.74, 6) is 1.06. The van der Waals surface area contributed by atoms with Crippen LogP contribution in [0.2, 0.25) is 0 Å². The summed E-state index contributed by atoms with van der Waals surface area (Å²) >= 11 is 0. The van der Waals surface area contributed by atoms with E-state index in [-0.39, 0.29) is 5.91 Å². The Morgan fingerprint density at radius 2 is 1.75 bits per heavy atom. The first-order valence-corrected chi connectivity index (χ1v) is 10.7. The van der Waals surface area contributed by atoms with Crippen LogP contribution >= 0.6 is 0 Å². The fourth-order valence-electron chi connectivity index (χ4n) is 3.96. The molecule has 0 aromatic heterocycles. The molecular formula is C24H31N3O. The van der Waals surface area contributed by atoms with E-state index in [0.29, 0.717) is 6.42 Å². The summed E-state index contributed by atoms with van der Waals surface area (Å²) in [7, 11) is 0. The van der Waals surface area contributed by atoms with Crippen molar-refractivity contribution in [2.24, 2.45) is 5.92 Å². The molecule has 4 nitrogen and oxygen atoms in total. The van der Waals surface area contributed by atoms with Gasteiger partial charge in [-0.15, -0.1) is 0 Å². The molecule has 1 amide bonds. The maximum Gasteiger partial charge on any atom is 0.224 e. The molecule has 1 saturated heterocycles. The van der Waals surface area contributed by atoms with E-state index in [0.717, 1.165) is 50.6 Å². The number of amides is 1. The Bertz CT molecular complexity index is 764. The molecule has 4 rings (SSSR count). The minimum absolute atomic E-state index is 0.0994. The van der Waals surface area contributed by atoms with E-state index < -0.39 is 0 Å². The molecule has 2 aromatic rings. The number of carbonyl (C=O) groups excluding carboxylic acids is 1. The average molecular weight is 378 g/mol. The van der Waals surface area contributed by atoms with Crippen LogP contribution in [-0.2, 0) is 11.2 Å². The zero-order chi connectivity index (χ0) is 19.2. The number of carbonyl (C=O) groups is 1. The summed E-state index contributed by atoms with van der Waals surface area (Å²) in [5.41, 5.74) is 3.41. The van der Waals surface area contributed by atoms with E-state index >= 15 is 0 Å². The van der Waals surface area contributed by atoms with Crippen LogP contribution < -0.4 is 10.2 Å². The molecule has 1 N–H and O–H groups in total. The van der Waals surface area contributed by atoms with Crippen LogP contribution in [0.5, 0.6) is 0 Å². The zero-order valence-electron chi connectivity index (χ0n) is 16.6. The highest BCUT2D eigenvalue weighted by Crippen LogP contribution is 2.30. The van der Waals surface area contributed by atoms with Crippen LogP contribution in [0.3, 0.4) is 0 Å². The molecule has 1 saturated carbocycles. The molecule has 2 aliphatic rings. The second-order valence-corrected chi connectivity index (χ2v) is 8.17. The molecule has 1 aliphatic heterocycles. The molecule has 0 spiro atoms. The third-order valence-electron chi connectivity index (χ3n) is 5.79. The van der Waals surface area contributed by atoms with Crippen molar-refractivity contribution in [2.75, 3.05) is 42.9 Å². The number of nitrogens with one attached hydrogen (secondary N) is 1. The Kier molecular flexibility index (Phi) is 6.27. The summed E-state index contributed by atoms with van der Waals surface area (Å²) in [5, 5.41) is 3.07. The lowest BCUT2D eigenvalue weighted by Gasteiger charge is -2.36. The Labute approximate surface area is 168 Å². The van der Waals surface area contributed by atoms with E-state index in [4.69, 9.17) is 0 Å². The molecule has 2 fully saturated rings. The third-order valence-corrected chi connectivity index (χ3v) is 5.79. The number of aryl methyl sites for hydroxylation is 1. The van der Waals surface area contributed by atoms with Crippen molar-refractivity contribution in [1.29, 1.82) is 0 Å². The Hall–Kier alpha value is -2.33. The van der Waals surface area contributed by atoms with E-state index in [1.54, 1.807) is 0 Å². The van der Waals surface area contributed by atoms with Gasteiger partial charge in [-0.05, 0) is 55.4 Å². The van der Waals surface area contributed by atoms with Gasteiger partial charge in [-0.2, -0.15) is 0 Å². The van der Waals surface area contributed by atoms with Crippen molar-refractivity contribution in [1.82, 2.24) is 4.90 Å². The first kappa shape index (κ1) is 19.0. The van der Waals surface area contributed by atoms with Gasteiger partial charge in [0.05, 0.1) is 0 Å². The van der Waals surface area contributed by atoms with Crippen LogP contribution in [0.4, 0.5) is 11.4 Å². The number of piperazine rings is 1. The summed E-state index contributed by atoms with van der Waals surface area (Å²) in [6, 6.07) is 18.7. The molecular weight excluding hydrogens is 346 g/mol. The molecule has 0 radical (unpaired) electrons. The highest BCUT2D eigenvalue weighted by atomic mass is 16.1. The quantitative estimate of drug-likeness (QED) is 0.750. The van der Waals surface area contributed by atoms with Crippen molar-refractivity contribution >= 4 is 17.3 Å². The first-order valence-electron chi connectivity index (χ1n) is 10.7. The summed E-state index contributed by atoms with van der Waals surface area (Å²) < 4.78 is 0. The Morgan fingerprint density at radius 1 is 0.964 bits per heavy atom. The Balaban J connectivity index is 1.23. The second-order valence-electron chi connectivity index (χ2n) is 8.17. The van der Waals surface area contributed by atoms with Gasteiger partial charge in [0, 0.05) is 50.5 Å². The van der Waals surface area contributed by atoms with Crippen LogP contribution in [0.15, 0.2) is 54.6 Å². The van der Waals surface area contributed by atoms with Crippen LogP contribution in [0.1, 0.15) is 31.2 Å². The second kappa shape index (κ2) is 9.24. The minimum atomic E-state index is 0.0994. The summed E-state index contributed by atoms with van der Waals surface area (Å²) in [6.45, 7) is 5.72. The third kappa shape index (κ3) is 5.59. The van der Waals surface area contributed by atoms with Crippen molar-refractivity contribution in [3.05, 3.63) is 60.2 Å². The van der Waals surface area contributed by atoms with Crippen molar-refractivity contribution in [3.63, 3.8) is 0 Å². The number of nitrogens with zero attached hydrogens (tertiary/aromatic N) is 2. The molecule has 2 aromatic carbocycles. The molecule has 0 unspecified atom stereocenters. The lowest BCUT2D eigenvalue weighted by molar-refractivity contribution is -0.116. The van der Waals surface area contributed by atoms with Gasteiger partial charge in [-0.25, -0.2) is 0 Å². The predicted molar refractivity (Wildman–Crippen MR) is 116 cm³/mol. The Morgan fingerprint density at radius 3 is 2.50 bits per heavy atom. The highest BCUT2D eigenvalue weighted by Gasteiger charge is 2.26. The van der Waals surface area contributed by atoms with Gasteiger partial charge in [-0.1, -0.05) is 36.4 Å².